The summed E-state index contributed by atoms with van der Waals surface area (Å²) in [5, 5.41) is 13.7. The van der Waals surface area contributed by atoms with E-state index < -0.39 is 4.92 Å². The molecule has 2 amide bonds. The summed E-state index contributed by atoms with van der Waals surface area (Å²) in [5.41, 5.74) is 1.48. The lowest BCUT2D eigenvalue weighted by Crippen LogP contribution is -2.33. The molecule has 0 unspecified atom stereocenters. The van der Waals surface area contributed by atoms with Crippen LogP contribution < -0.4 is 5.32 Å². The zero-order valence-electron chi connectivity index (χ0n) is 15.2. The fourth-order valence-electron chi connectivity index (χ4n) is 2.67. The molecule has 0 saturated carbocycles. The number of nitrogens with zero attached hydrogens (tertiary/aromatic N) is 2. The van der Waals surface area contributed by atoms with Crippen LogP contribution in [-0.2, 0) is 16.1 Å². The lowest BCUT2D eigenvalue weighted by atomic mass is 10.2. The van der Waals surface area contributed by atoms with Gasteiger partial charge >= 0.3 is 0 Å². The zero-order chi connectivity index (χ0) is 20.8. The number of thiocarbonyl (C=S) groups is 1. The third-order valence-corrected chi connectivity index (χ3v) is 5.53. The van der Waals surface area contributed by atoms with Gasteiger partial charge < -0.3 is 5.32 Å². The van der Waals surface area contributed by atoms with E-state index in [1.807, 2.05) is 30.3 Å². The molecule has 7 nitrogen and oxygen atoms in total. The van der Waals surface area contributed by atoms with E-state index in [1.165, 1.54) is 17.0 Å². The molecule has 1 aliphatic heterocycles. The number of rotatable bonds is 7. The van der Waals surface area contributed by atoms with Crippen LogP contribution in [0.4, 0.5) is 5.69 Å². The van der Waals surface area contributed by atoms with Crippen molar-refractivity contribution in [3.8, 4) is 0 Å². The summed E-state index contributed by atoms with van der Waals surface area (Å²) in [7, 11) is 0. The first kappa shape index (κ1) is 20.7. The molecular weight excluding hydrogens is 410 g/mol. The summed E-state index contributed by atoms with van der Waals surface area (Å²) >= 11 is 6.38. The SMILES string of the molecule is O=C(CCN1C(=O)/C(=C/c2cccc([N+](=O)[O-])c2)SC1=S)NCc1ccccc1. The van der Waals surface area contributed by atoms with Gasteiger partial charge in [-0.25, -0.2) is 0 Å². The van der Waals surface area contributed by atoms with Crippen LogP contribution in [0.1, 0.15) is 17.5 Å². The molecule has 9 heteroatoms. The van der Waals surface area contributed by atoms with Gasteiger partial charge in [-0.15, -0.1) is 0 Å². The quantitative estimate of drug-likeness (QED) is 0.315. The van der Waals surface area contributed by atoms with Gasteiger partial charge in [0.25, 0.3) is 11.6 Å². The predicted molar refractivity (Wildman–Crippen MR) is 116 cm³/mol. The van der Waals surface area contributed by atoms with E-state index in [2.05, 4.69) is 5.32 Å². The molecule has 29 heavy (non-hydrogen) atoms. The van der Waals surface area contributed by atoms with E-state index in [0.29, 0.717) is 21.3 Å². The molecule has 1 N–H and O–H groups in total. The Morgan fingerprint density at radius 3 is 2.69 bits per heavy atom. The number of nitrogens with one attached hydrogen (secondary N) is 1. The number of benzene rings is 2. The highest BCUT2D eigenvalue weighted by atomic mass is 32.2. The average Bonchev–Trinajstić information content (AvgIpc) is 2.98. The number of nitro benzene ring substituents is 1. The van der Waals surface area contributed by atoms with Crippen molar-refractivity contribution in [2.24, 2.45) is 0 Å². The van der Waals surface area contributed by atoms with Gasteiger partial charge in [0, 0.05) is 31.6 Å². The first-order valence-electron chi connectivity index (χ1n) is 8.74. The summed E-state index contributed by atoms with van der Waals surface area (Å²) in [6, 6.07) is 15.5. The maximum Gasteiger partial charge on any atom is 0.270 e. The minimum absolute atomic E-state index is 0.0516. The normalized spacial score (nSPS) is 15.0. The average molecular weight is 428 g/mol. The minimum Gasteiger partial charge on any atom is -0.352 e. The highest BCUT2D eigenvalue weighted by Crippen LogP contribution is 2.33. The van der Waals surface area contributed by atoms with Crippen molar-refractivity contribution < 1.29 is 14.5 Å². The van der Waals surface area contributed by atoms with E-state index in [9.17, 15) is 19.7 Å². The molecule has 1 heterocycles. The molecule has 1 fully saturated rings. The molecule has 0 aliphatic carbocycles. The largest absolute Gasteiger partial charge is 0.352 e. The number of non-ortho nitro benzene ring substituents is 1. The van der Waals surface area contributed by atoms with Crippen molar-refractivity contribution in [3.63, 3.8) is 0 Å². The molecule has 0 aromatic heterocycles. The predicted octanol–water partition coefficient (Wildman–Crippen LogP) is 3.50. The monoisotopic (exact) mass is 427 g/mol. The Labute approximate surface area is 176 Å². The number of carbonyl (C=O) groups is 2. The third kappa shape index (κ3) is 5.49. The fraction of sp³-hybridized carbons (Fsp3) is 0.150. The van der Waals surface area contributed by atoms with Crippen molar-refractivity contribution in [3.05, 3.63) is 80.7 Å². The van der Waals surface area contributed by atoms with Crippen molar-refractivity contribution in [1.82, 2.24) is 10.2 Å². The summed E-state index contributed by atoms with van der Waals surface area (Å²) in [4.78, 5) is 36.9. The Balaban J connectivity index is 1.58. The Kier molecular flexibility index (Phi) is 6.73. The Morgan fingerprint density at radius 2 is 1.97 bits per heavy atom. The standard InChI is InChI=1S/C20H17N3O4S2/c24-18(21-13-14-5-2-1-3-6-14)9-10-22-19(25)17(29-20(22)28)12-15-7-4-8-16(11-15)23(26)27/h1-8,11-12H,9-10,13H2,(H,21,24)/b17-12-. The number of hydrogen-bond donors (Lipinski definition) is 1. The topological polar surface area (TPSA) is 92.5 Å². The van der Waals surface area contributed by atoms with Crippen LogP contribution in [0.5, 0.6) is 0 Å². The zero-order valence-corrected chi connectivity index (χ0v) is 16.9. The van der Waals surface area contributed by atoms with Crippen molar-refractivity contribution >= 4 is 51.9 Å². The molecular formula is C20H17N3O4S2. The molecule has 148 valence electrons. The van der Waals surface area contributed by atoms with Crippen LogP contribution in [-0.4, -0.2) is 32.5 Å². The second-order valence-electron chi connectivity index (χ2n) is 6.20. The molecule has 3 rings (SSSR count). The van der Waals surface area contributed by atoms with Crippen LogP contribution in [0.3, 0.4) is 0 Å². The van der Waals surface area contributed by atoms with Gasteiger partial charge in [-0.1, -0.05) is 66.4 Å². The summed E-state index contributed by atoms with van der Waals surface area (Å²) in [5.74, 6) is -0.479. The third-order valence-electron chi connectivity index (χ3n) is 4.15. The summed E-state index contributed by atoms with van der Waals surface area (Å²) < 4.78 is 0.363. The molecule has 1 saturated heterocycles. The van der Waals surface area contributed by atoms with Crippen molar-refractivity contribution in [1.29, 1.82) is 0 Å². The Bertz CT molecular complexity index is 992. The maximum atomic E-state index is 12.6. The summed E-state index contributed by atoms with van der Waals surface area (Å²) in [6.45, 7) is 0.600. The summed E-state index contributed by atoms with van der Waals surface area (Å²) in [6.07, 6.45) is 1.70. The van der Waals surface area contributed by atoms with Gasteiger partial charge in [0.1, 0.15) is 4.32 Å². The smallest absolute Gasteiger partial charge is 0.270 e. The first-order valence-corrected chi connectivity index (χ1v) is 9.97. The molecule has 0 atom stereocenters. The molecule has 1 aliphatic rings. The minimum atomic E-state index is -0.489. The number of amides is 2. The Hall–Kier alpha value is -3.04. The first-order chi connectivity index (χ1) is 13.9. The van der Waals surface area contributed by atoms with Crippen LogP contribution in [0.25, 0.3) is 6.08 Å². The van der Waals surface area contributed by atoms with Gasteiger partial charge in [-0.2, -0.15) is 0 Å². The molecule has 0 bridgehead atoms. The van der Waals surface area contributed by atoms with Gasteiger partial charge in [-0.3, -0.25) is 24.6 Å². The van der Waals surface area contributed by atoms with Crippen molar-refractivity contribution in [2.45, 2.75) is 13.0 Å². The van der Waals surface area contributed by atoms with Crippen LogP contribution >= 0.6 is 24.0 Å². The molecule has 0 radical (unpaired) electrons. The van der Waals surface area contributed by atoms with Crippen molar-refractivity contribution in [2.75, 3.05) is 6.54 Å². The second-order valence-corrected chi connectivity index (χ2v) is 7.87. The van der Waals surface area contributed by atoms with Gasteiger partial charge in [0.2, 0.25) is 5.91 Å². The van der Waals surface area contributed by atoms with Crippen LogP contribution in [0, 0.1) is 10.1 Å². The van der Waals surface area contributed by atoms with E-state index in [-0.39, 0.29) is 30.5 Å². The maximum absolute atomic E-state index is 12.6. The number of nitro groups is 1. The van der Waals surface area contributed by atoms with Gasteiger partial charge in [0.15, 0.2) is 0 Å². The Morgan fingerprint density at radius 1 is 1.21 bits per heavy atom. The second kappa shape index (κ2) is 9.44. The van der Waals surface area contributed by atoms with E-state index in [0.717, 1.165) is 17.3 Å². The van der Waals surface area contributed by atoms with E-state index >= 15 is 0 Å². The van der Waals surface area contributed by atoms with Crippen LogP contribution in [0.15, 0.2) is 59.5 Å². The van der Waals surface area contributed by atoms with Crippen LogP contribution in [0.2, 0.25) is 0 Å². The fourth-order valence-corrected chi connectivity index (χ4v) is 3.98. The highest BCUT2D eigenvalue weighted by Gasteiger charge is 2.32. The molecule has 2 aromatic carbocycles. The number of carbonyl (C=O) groups excluding carboxylic acids is 2. The van der Waals surface area contributed by atoms with E-state index in [4.69, 9.17) is 12.2 Å². The highest BCUT2D eigenvalue weighted by molar-refractivity contribution is 8.26. The number of hydrogen-bond acceptors (Lipinski definition) is 6. The molecule has 2 aromatic rings. The lowest BCUT2D eigenvalue weighted by Gasteiger charge is -2.14. The van der Waals surface area contributed by atoms with E-state index in [1.54, 1.807) is 18.2 Å². The lowest BCUT2D eigenvalue weighted by molar-refractivity contribution is -0.384. The molecule has 0 spiro atoms. The van der Waals surface area contributed by atoms with Gasteiger partial charge in [0.05, 0.1) is 9.83 Å². The number of thioether (sulfide) groups is 1. The van der Waals surface area contributed by atoms with Gasteiger partial charge in [-0.05, 0) is 17.2 Å².